The number of rotatable bonds is 6. The molecule has 1 saturated carbocycles. The molecule has 1 aromatic rings. The van der Waals surface area contributed by atoms with Gasteiger partial charge in [-0.3, -0.25) is 0 Å². The van der Waals surface area contributed by atoms with Gasteiger partial charge in [0.2, 0.25) is 0 Å². The normalized spacial score (nSPS) is 22.3. The van der Waals surface area contributed by atoms with E-state index >= 15 is 0 Å². The molecule has 3 heteroatoms. The Kier molecular flexibility index (Phi) is 6.56. The highest BCUT2D eigenvalue weighted by Crippen LogP contribution is 2.33. The van der Waals surface area contributed by atoms with Crippen LogP contribution in [-0.4, -0.2) is 19.6 Å². The zero-order valence-electron chi connectivity index (χ0n) is 13.7. The maximum atomic E-state index is 3.62. The predicted molar refractivity (Wildman–Crippen MR) is 96.0 cm³/mol. The van der Waals surface area contributed by atoms with Crippen molar-refractivity contribution in [3.05, 3.63) is 28.2 Å². The number of nitrogens with one attached hydrogen (secondary N) is 1. The van der Waals surface area contributed by atoms with Crippen molar-refractivity contribution in [3.8, 4) is 0 Å². The predicted octanol–water partition coefficient (Wildman–Crippen LogP) is 4.96. The number of halogens is 1. The lowest BCUT2D eigenvalue weighted by Crippen LogP contribution is -2.39. The quantitative estimate of drug-likeness (QED) is 0.727. The molecular formula is C18H29BrN2. The summed E-state index contributed by atoms with van der Waals surface area (Å²) in [4.78, 5) is 2.53. The summed E-state index contributed by atoms with van der Waals surface area (Å²) in [5.41, 5.74) is 2.79. The van der Waals surface area contributed by atoms with E-state index < -0.39 is 0 Å². The molecule has 1 N–H and O–H groups in total. The Labute approximate surface area is 138 Å². The van der Waals surface area contributed by atoms with Crippen molar-refractivity contribution in [1.29, 1.82) is 0 Å². The molecule has 2 rings (SSSR count). The molecule has 0 radical (unpaired) electrons. The molecule has 0 aromatic heterocycles. The Hall–Kier alpha value is -0.540. The zero-order valence-corrected chi connectivity index (χ0v) is 15.2. The largest absolute Gasteiger partial charge is 0.371 e. The lowest BCUT2D eigenvalue weighted by molar-refractivity contribution is 0.321. The first-order valence-electron chi connectivity index (χ1n) is 8.35. The van der Waals surface area contributed by atoms with Crippen molar-refractivity contribution in [2.24, 2.45) is 5.92 Å². The first-order chi connectivity index (χ1) is 10.1. The van der Waals surface area contributed by atoms with Crippen molar-refractivity contribution in [2.45, 2.75) is 58.5 Å². The number of benzene rings is 1. The smallest absolute Gasteiger partial charge is 0.0412 e. The second-order valence-electron chi connectivity index (χ2n) is 6.39. The second kappa shape index (κ2) is 8.19. The van der Waals surface area contributed by atoms with Gasteiger partial charge in [-0.25, -0.2) is 0 Å². The standard InChI is InChI=1S/C18H29BrN2/c1-4-11-20-13-15-12-16(19)9-10-18(15)21(3)17-8-6-5-7-14(17)2/h9-10,12,14,17,20H,4-8,11,13H2,1-3H3. The fourth-order valence-electron chi connectivity index (χ4n) is 3.49. The summed E-state index contributed by atoms with van der Waals surface area (Å²) in [6, 6.07) is 7.39. The molecule has 21 heavy (non-hydrogen) atoms. The Morgan fingerprint density at radius 2 is 2.05 bits per heavy atom. The van der Waals surface area contributed by atoms with E-state index in [-0.39, 0.29) is 0 Å². The summed E-state index contributed by atoms with van der Waals surface area (Å²) in [7, 11) is 2.28. The fourth-order valence-corrected chi connectivity index (χ4v) is 3.90. The Balaban J connectivity index is 2.16. The zero-order chi connectivity index (χ0) is 15.2. The number of hydrogen-bond donors (Lipinski definition) is 1. The monoisotopic (exact) mass is 352 g/mol. The molecule has 0 spiro atoms. The van der Waals surface area contributed by atoms with Gasteiger partial charge in [0.05, 0.1) is 0 Å². The van der Waals surface area contributed by atoms with Crippen molar-refractivity contribution >= 4 is 21.6 Å². The first-order valence-corrected chi connectivity index (χ1v) is 9.14. The van der Waals surface area contributed by atoms with E-state index in [1.54, 1.807) is 0 Å². The summed E-state index contributed by atoms with van der Waals surface area (Å²) >= 11 is 3.62. The fraction of sp³-hybridized carbons (Fsp3) is 0.667. The van der Waals surface area contributed by atoms with Crippen LogP contribution in [0, 0.1) is 5.92 Å². The Bertz CT molecular complexity index is 447. The molecule has 2 unspecified atom stereocenters. The van der Waals surface area contributed by atoms with Crippen molar-refractivity contribution < 1.29 is 0 Å². The van der Waals surface area contributed by atoms with E-state index in [0.29, 0.717) is 6.04 Å². The van der Waals surface area contributed by atoms with Crippen LogP contribution in [0.5, 0.6) is 0 Å². The first kappa shape index (κ1) is 16.8. The highest BCUT2D eigenvalue weighted by molar-refractivity contribution is 9.10. The Morgan fingerprint density at radius 1 is 1.29 bits per heavy atom. The van der Waals surface area contributed by atoms with E-state index in [2.05, 4.69) is 65.2 Å². The second-order valence-corrected chi connectivity index (χ2v) is 7.31. The lowest BCUT2D eigenvalue weighted by Gasteiger charge is -2.38. The van der Waals surface area contributed by atoms with Crippen LogP contribution in [0.2, 0.25) is 0 Å². The van der Waals surface area contributed by atoms with E-state index in [4.69, 9.17) is 0 Å². The number of nitrogens with zero attached hydrogens (tertiary/aromatic N) is 1. The summed E-state index contributed by atoms with van der Waals surface area (Å²) in [5.74, 6) is 0.795. The summed E-state index contributed by atoms with van der Waals surface area (Å²) in [5, 5.41) is 3.54. The molecule has 2 atom stereocenters. The highest BCUT2D eigenvalue weighted by Gasteiger charge is 2.26. The maximum Gasteiger partial charge on any atom is 0.0412 e. The molecule has 0 heterocycles. The summed E-state index contributed by atoms with van der Waals surface area (Å²) in [6.07, 6.45) is 6.65. The van der Waals surface area contributed by atoms with Gasteiger partial charge in [0.25, 0.3) is 0 Å². The van der Waals surface area contributed by atoms with Gasteiger partial charge in [-0.05, 0) is 55.5 Å². The highest BCUT2D eigenvalue weighted by atomic mass is 79.9. The average Bonchev–Trinajstić information content (AvgIpc) is 2.47. The van der Waals surface area contributed by atoms with E-state index in [1.807, 2.05) is 0 Å². The third-order valence-corrected chi connectivity index (χ3v) is 5.22. The van der Waals surface area contributed by atoms with E-state index in [0.717, 1.165) is 19.0 Å². The molecule has 0 amide bonds. The van der Waals surface area contributed by atoms with Crippen molar-refractivity contribution in [1.82, 2.24) is 5.32 Å². The molecule has 2 nitrogen and oxygen atoms in total. The van der Waals surface area contributed by atoms with Gasteiger partial charge in [0.15, 0.2) is 0 Å². The van der Waals surface area contributed by atoms with Gasteiger partial charge in [-0.1, -0.05) is 42.6 Å². The van der Waals surface area contributed by atoms with Crippen LogP contribution >= 0.6 is 15.9 Å². The molecule has 1 aromatic carbocycles. The molecule has 0 bridgehead atoms. The van der Waals surface area contributed by atoms with Crippen molar-refractivity contribution in [3.63, 3.8) is 0 Å². The minimum atomic E-state index is 0.685. The molecule has 118 valence electrons. The van der Waals surface area contributed by atoms with Gasteiger partial charge in [0.1, 0.15) is 0 Å². The molecule has 0 aliphatic heterocycles. The van der Waals surface area contributed by atoms with E-state index in [9.17, 15) is 0 Å². The van der Waals surface area contributed by atoms with Gasteiger partial charge in [0, 0.05) is 29.8 Å². The van der Waals surface area contributed by atoms with Crippen LogP contribution in [0.1, 0.15) is 51.5 Å². The SMILES string of the molecule is CCCNCc1cc(Br)ccc1N(C)C1CCCCC1C. The molecule has 0 saturated heterocycles. The number of anilines is 1. The molecule has 1 aliphatic rings. The van der Waals surface area contributed by atoms with Crippen LogP contribution in [0.25, 0.3) is 0 Å². The molecular weight excluding hydrogens is 324 g/mol. The van der Waals surface area contributed by atoms with Gasteiger partial charge >= 0.3 is 0 Å². The summed E-state index contributed by atoms with van der Waals surface area (Å²) < 4.78 is 1.17. The van der Waals surface area contributed by atoms with Gasteiger partial charge in [-0.15, -0.1) is 0 Å². The van der Waals surface area contributed by atoms with Crippen LogP contribution in [0.15, 0.2) is 22.7 Å². The minimum absolute atomic E-state index is 0.685. The topological polar surface area (TPSA) is 15.3 Å². The number of hydrogen-bond acceptors (Lipinski definition) is 2. The van der Waals surface area contributed by atoms with Crippen LogP contribution in [-0.2, 0) is 6.54 Å². The Morgan fingerprint density at radius 3 is 2.76 bits per heavy atom. The minimum Gasteiger partial charge on any atom is -0.371 e. The van der Waals surface area contributed by atoms with Crippen molar-refractivity contribution in [2.75, 3.05) is 18.5 Å². The maximum absolute atomic E-state index is 3.62. The third kappa shape index (κ3) is 4.46. The van der Waals surface area contributed by atoms with E-state index in [1.165, 1.54) is 47.8 Å². The molecule has 1 fully saturated rings. The van der Waals surface area contributed by atoms with Gasteiger partial charge in [-0.2, -0.15) is 0 Å². The third-order valence-electron chi connectivity index (χ3n) is 4.73. The van der Waals surface area contributed by atoms with Crippen LogP contribution < -0.4 is 10.2 Å². The van der Waals surface area contributed by atoms with Crippen LogP contribution in [0.4, 0.5) is 5.69 Å². The lowest BCUT2D eigenvalue weighted by atomic mass is 9.84. The van der Waals surface area contributed by atoms with Crippen LogP contribution in [0.3, 0.4) is 0 Å². The van der Waals surface area contributed by atoms with Gasteiger partial charge < -0.3 is 10.2 Å². The molecule has 1 aliphatic carbocycles. The average molecular weight is 353 g/mol. The summed E-state index contributed by atoms with van der Waals surface area (Å²) in [6.45, 7) is 6.66.